The van der Waals surface area contributed by atoms with Gasteiger partial charge in [-0.15, -0.1) is 0 Å². The predicted octanol–water partition coefficient (Wildman–Crippen LogP) is 2.94. The van der Waals surface area contributed by atoms with Gasteiger partial charge in [0.25, 0.3) is 5.56 Å². The van der Waals surface area contributed by atoms with Crippen LogP contribution in [0.15, 0.2) is 15.6 Å². The fourth-order valence-electron chi connectivity index (χ4n) is 2.56. The Kier molecular flexibility index (Phi) is 3.80. The first kappa shape index (κ1) is 13.6. The van der Waals surface area contributed by atoms with E-state index in [1.807, 2.05) is 7.05 Å². The van der Waals surface area contributed by atoms with Crippen LogP contribution in [0.25, 0.3) is 0 Å². The Balaban J connectivity index is 2.15. The van der Waals surface area contributed by atoms with Gasteiger partial charge >= 0.3 is 0 Å². The predicted molar refractivity (Wildman–Crippen MR) is 77.0 cm³/mol. The molecule has 1 aliphatic rings. The van der Waals surface area contributed by atoms with E-state index in [0.717, 1.165) is 18.7 Å². The molecule has 0 aromatic carbocycles. The summed E-state index contributed by atoms with van der Waals surface area (Å²) in [6.07, 6.45) is 6.23. The lowest BCUT2D eigenvalue weighted by Crippen LogP contribution is -2.38. The van der Waals surface area contributed by atoms with Gasteiger partial charge in [-0.2, -0.15) is 0 Å². The van der Waals surface area contributed by atoms with E-state index >= 15 is 0 Å². The van der Waals surface area contributed by atoms with Crippen LogP contribution in [0.2, 0.25) is 0 Å². The number of hydrogen-bond donors (Lipinski definition) is 1. The fraction of sp³-hybridized carbons (Fsp3) is 0.692. The van der Waals surface area contributed by atoms with Crippen LogP contribution < -0.4 is 10.5 Å². The highest BCUT2D eigenvalue weighted by Gasteiger charge is 2.30. The molecule has 1 aromatic rings. The van der Waals surface area contributed by atoms with E-state index in [4.69, 9.17) is 0 Å². The van der Waals surface area contributed by atoms with Crippen molar-refractivity contribution >= 4 is 21.7 Å². The first-order chi connectivity index (χ1) is 8.41. The molecular weight excluding hydrogens is 294 g/mol. The van der Waals surface area contributed by atoms with Crippen LogP contribution in [0.3, 0.4) is 0 Å². The number of nitrogens with one attached hydrogen (secondary N) is 1. The van der Waals surface area contributed by atoms with Crippen LogP contribution in [0.4, 0.5) is 5.82 Å². The number of nitrogens with zero attached hydrogens (tertiary/aromatic N) is 2. The summed E-state index contributed by atoms with van der Waals surface area (Å²) in [7, 11) is 2.02. The third kappa shape index (κ3) is 2.76. The van der Waals surface area contributed by atoms with Gasteiger partial charge < -0.3 is 9.88 Å². The first-order valence-corrected chi connectivity index (χ1v) is 7.16. The molecule has 1 saturated carbocycles. The van der Waals surface area contributed by atoms with Gasteiger partial charge in [0.2, 0.25) is 0 Å². The van der Waals surface area contributed by atoms with Crippen molar-refractivity contribution in [2.45, 2.75) is 45.6 Å². The topological polar surface area (TPSA) is 49.0 Å². The number of H-pyrrole nitrogens is 1. The minimum atomic E-state index is -0.122. The van der Waals surface area contributed by atoms with Crippen molar-refractivity contribution in [2.24, 2.45) is 5.41 Å². The Morgan fingerprint density at radius 3 is 2.67 bits per heavy atom. The molecule has 1 heterocycles. The fourth-order valence-corrected chi connectivity index (χ4v) is 3.06. The Morgan fingerprint density at radius 1 is 1.44 bits per heavy atom. The summed E-state index contributed by atoms with van der Waals surface area (Å²) in [6, 6.07) is 0.476. The molecule has 4 nitrogen and oxygen atoms in total. The Labute approximate surface area is 116 Å². The summed E-state index contributed by atoms with van der Waals surface area (Å²) in [4.78, 5) is 20.5. The average molecular weight is 314 g/mol. The second-order valence-corrected chi connectivity index (χ2v) is 6.67. The zero-order valence-electron chi connectivity index (χ0n) is 11.2. The van der Waals surface area contributed by atoms with E-state index in [1.54, 1.807) is 0 Å². The molecule has 0 bridgehead atoms. The molecule has 5 heteroatoms. The lowest BCUT2D eigenvalue weighted by molar-refractivity contribution is 0.222. The summed E-state index contributed by atoms with van der Waals surface area (Å²) in [5, 5.41) is 0. The Morgan fingerprint density at radius 2 is 2.06 bits per heavy atom. The highest BCUT2D eigenvalue weighted by atomic mass is 79.9. The summed E-state index contributed by atoms with van der Waals surface area (Å²) in [5.41, 5.74) is 0.332. The number of anilines is 1. The van der Waals surface area contributed by atoms with Crippen molar-refractivity contribution in [3.05, 3.63) is 21.2 Å². The van der Waals surface area contributed by atoms with Crippen LogP contribution >= 0.6 is 15.9 Å². The van der Waals surface area contributed by atoms with E-state index in [9.17, 15) is 4.79 Å². The minimum absolute atomic E-state index is 0.122. The van der Waals surface area contributed by atoms with E-state index < -0.39 is 0 Å². The summed E-state index contributed by atoms with van der Waals surface area (Å²) in [6.45, 7) is 4.65. The van der Waals surface area contributed by atoms with E-state index in [2.05, 4.69) is 44.6 Å². The zero-order valence-corrected chi connectivity index (χ0v) is 12.7. The van der Waals surface area contributed by atoms with Crippen LogP contribution in [0.5, 0.6) is 0 Å². The van der Waals surface area contributed by atoms with E-state index in [1.165, 1.54) is 19.2 Å². The van der Waals surface area contributed by atoms with Crippen molar-refractivity contribution in [2.75, 3.05) is 11.9 Å². The third-order valence-corrected chi connectivity index (χ3v) is 4.68. The molecule has 100 valence electrons. The van der Waals surface area contributed by atoms with Crippen molar-refractivity contribution < 1.29 is 0 Å². The maximum absolute atomic E-state index is 11.6. The Bertz CT molecular complexity index is 473. The maximum atomic E-state index is 11.6. The van der Waals surface area contributed by atoms with Gasteiger partial charge in [-0.25, -0.2) is 4.98 Å². The minimum Gasteiger partial charge on any atom is -0.356 e. The average Bonchev–Trinajstić information content (AvgIpc) is 2.32. The molecule has 0 saturated heterocycles. The van der Waals surface area contributed by atoms with Gasteiger partial charge in [-0.1, -0.05) is 13.8 Å². The lowest BCUT2D eigenvalue weighted by Gasteiger charge is -2.39. The number of rotatable bonds is 2. The van der Waals surface area contributed by atoms with E-state index in [-0.39, 0.29) is 5.56 Å². The lowest BCUT2D eigenvalue weighted by atomic mass is 9.75. The van der Waals surface area contributed by atoms with Crippen molar-refractivity contribution in [1.82, 2.24) is 9.97 Å². The van der Waals surface area contributed by atoms with E-state index in [0.29, 0.717) is 15.9 Å². The van der Waals surface area contributed by atoms with Gasteiger partial charge in [-0.05, 0) is 47.0 Å². The molecule has 2 rings (SSSR count). The molecule has 0 unspecified atom stereocenters. The van der Waals surface area contributed by atoms with Crippen LogP contribution in [0, 0.1) is 5.41 Å². The van der Waals surface area contributed by atoms with Crippen molar-refractivity contribution in [1.29, 1.82) is 0 Å². The zero-order chi connectivity index (χ0) is 13.3. The maximum Gasteiger partial charge on any atom is 0.267 e. The molecule has 1 aromatic heterocycles. The number of hydrogen-bond acceptors (Lipinski definition) is 3. The standard InChI is InChI=1S/C13H20BrN3O/c1-13(2)6-4-9(5-7-13)17(3)11-10(14)12(18)16-8-15-11/h8-9H,4-7H2,1-3H3,(H,15,16,18). The molecule has 0 amide bonds. The van der Waals surface area contributed by atoms with Gasteiger partial charge in [0.05, 0.1) is 6.33 Å². The second kappa shape index (κ2) is 5.03. The Hall–Kier alpha value is -0.840. The summed E-state index contributed by atoms with van der Waals surface area (Å²) < 4.78 is 0.525. The largest absolute Gasteiger partial charge is 0.356 e. The molecule has 1 fully saturated rings. The smallest absolute Gasteiger partial charge is 0.267 e. The second-order valence-electron chi connectivity index (χ2n) is 5.88. The molecule has 0 atom stereocenters. The van der Waals surface area contributed by atoms with Gasteiger partial charge in [0.1, 0.15) is 10.3 Å². The third-order valence-electron chi connectivity index (χ3n) is 3.97. The number of aromatic nitrogens is 2. The monoisotopic (exact) mass is 313 g/mol. The quantitative estimate of drug-likeness (QED) is 0.913. The molecule has 1 N–H and O–H groups in total. The van der Waals surface area contributed by atoms with Gasteiger partial charge in [0.15, 0.2) is 0 Å². The van der Waals surface area contributed by atoms with Crippen LogP contribution in [-0.2, 0) is 0 Å². The molecule has 1 aliphatic carbocycles. The summed E-state index contributed by atoms with van der Waals surface area (Å²) >= 11 is 3.32. The number of aromatic amines is 1. The van der Waals surface area contributed by atoms with Crippen molar-refractivity contribution in [3.63, 3.8) is 0 Å². The van der Waals surface area contributed by atoms with Crippen molar-refractivity contribution in [3.8, 4) is 0 Å². The summed E-state index contributed by atoms with van der Waals surface area (Å²) in [5.74, 6) is 0.739. The molecule has 0 aliphatic heterocycles. The molecule has 0 spiro atoms. The van der Waals surface area contributed by atoms with Crippen LogP contribution in [0.1, 0.15) is 39.5 Å². The van der Waals surface area contributed by atoms with Gasteiger partial charge in [-0.3, -0.25) is 4.79 Å². The first-order valence-electron chi connectivity index (χ1n) is 6.37. The molecule has 0 radical (unpaired) electrons. The highest BCUT2D eigenvalue weighted by Crippen LogP contribution is 2.37. The highest BCUT2D eigenvalue weighted by molar-refractivity contribution is 9.10. The normalized spacial score (nSPS) is 19.8. The van der Waals surface area contributed by atoms with Crippen LogP contribution in [-0.4, -0.2) is 23.1 Å². The number of halogens is 1. The molecule has 18 heavy (non-hydrogen) atoms. The SMILES string of the molecule is CN(c1nc[nH]c(=O)c1Br)C1CCC(C)(C)CC1. The van der Waals surface area contributed by atoms with Gasteiger partial charge in [0, 0.05) is 13.1 Å². The molecular formula is C13H20BrN3O.